The first-order valence-corrected chi connectivity index (χ1v) is 7.90. The number of ether oxygens (including phenoxy) is 2. The number of rotatable bonds is 7. The van der Waals surface area contributed by atoms with Crippen LogP contribution in [-0.2, 0) is 20.7 Å². The average Bonchev–Trinajstić information content (AvgIpc) is 2.56. The van der Waals surface area contributed by atoms with Gasteiger partial charge in [0.15, 0.2) is 0 Å². The van der Waals surface area contributed by atoms with Gasteiger partial charge in [-0.05, 0) is 30.5 Å². The lowest BCUT2D eigenvalue weighted by molar-refractivity contribution is -0.159. The van der Waals surface area contributed by atoms with Crippen molar-refractivity contribution in [2.24, 2.45) is 5.41 Å². The van der Waals surface area contributed by atoms with Gasteiger partial charge in [-0.25, -0.2) is 0 Å². The molecular formula is C17H21F2NO5. The highest BCUT2D eigenvalue weighted by Gasteiger charge is 2.43. The zero-order valence-electron chi connectivity index (χ0n) is 13.9. The van der Waals surface area contributed by atoms with Gasteiger partial charge < -0.3 is 19.5 Å². The van der Waals surface area contributed by atoms with Gasteiger partial charge in [0.25, 0.3) is 0 Å². The molecule has 1 heterocycles. The highest BCUT2D eigenvalue weighted by molar-refractivity contribution is 5.81. The summed E-state index contributed by atoms with van der Waals surface area (Å²) in [5.41, 5.74) is -0.442. The molecule has 0 aromatic heterocycles. The van der Waals surface area contributed by atoms with Crippen LogP contribution in [0, 0.1) is 5.41 Å². The molecule has 8 heteroatoms. The number of carboxylic acid groups (broad SMARTS) is 1. The van der Waals surface area contributed by atoms with Crippen LogP contribution >= 0.6 is 0 Å². The number of hydrogen-bond acceptors (Lipinski definition) is 4. The van der Waals surface area contributed by atoms with Gasteiger partial charge in [-0.3, -0.25) is 9.59 Å². The standard InChI is InChI=1S/C17H21F2NO5/c1-24-11-17(15(22)23)7-2-8-20(10-17)14(21)9-12-3-5-13(6-4-12)25-16(18)19/h3-6,16H,2,7-11H2,1H3,(H,22,23). The summed E-state index contributed by atoms with van der Waals surface area (Å²) in [6.07, 6.45) is 1.11. The minimum Gasteiger partial charge on any atom is -0.481 e. The van der Waals surface area contributed by atoms with Gasteiger partial charge >= 0.3 is 12.6 Å². The van der Waals surface area contributed by atoms with E-state index in [0.717, 1.165) is 0 Å². The Hall–Kier alpha value is -2.22. The fraction of sp³-hybridized carbons (Fsp3) is 0.529. The van der Waals surface area contributed by atoms with E-state index in [1.165, 1.54) is 24.1 Å². The number of aliphatic carboxylic acids is 1. The largest absolute Gasteiger partial charge is 0.481 e. The van der Waals surface area contributed by atoms with Gasteiger partial charge in [-0.15, -0.1) is 0 Å². The molecule has 25 heavy (non-hydrogen) atoms. The molecule has 0 bridgehead atoms. The number of carbonyl (C=O) groups excluding carboxylic acids is 1. The Morgan fingerprint density at radius 3 is 2.56 bits per heavy atom. The molecular weight excluding hydrogens is 336 g/mol. The van der Waals surface area contributed by atoms with E-state index >= 15 is 0 Å². The van der Waals surface area contributed by atoms with Crippen molar-refractivity contribution in [3.05, 3.63) is 29.8 Å². The Kier molecular flexibility index (Phi) is 6.30. The van der Waals surface area contributed by atoms with Crippen LogP contribution in [0.5, 0.6) is 5.75 Å². The molecule has 1 aliphatic rings. The summed E-state index contributed by atoms with van der Waals surface area (Å²) < 4.78 is 33.6. The lowest BCUT2D eigenvalue weighted by Crippen LogP contribution is -2.52. The zero-order valence-corrected chi connectivity index (χ0v) is 13.9. The van der Waals surface area contributed by atoms with Gasteiger partial charge in [0.2, 0.25) is 5.91 Å². The monoisotopic (exact) mass is 357 g/mol. The van der Waals surface area contributed by atoms with Crippen molar-refractivity contribution in [3.8, 4) is 5.75 Å². The Labute approximate surface area is 144 Å². The van der Waals surface area contributed by atoms with E-state index in [-0.39, 0.29) is 31.2 Å². The molecule has 2 rings (SSSR count). The topological polar surface area (TPSA) is 76.1 Å². The van der Waals surface area contributed by atoms with Gasteiger partial charge in [0, 0.05) is 20.2 Å². The smallest absolute Gasteiger partial charge is 0.387 e. The van der Waals surface area contributed by atoms with Crippen LogP contribution in [0.25, 0.3) is 0 Å². The number of halogens is 2. The Morgan fingerprint density at radius 1 is 1.32 bits per heavy atom. The third-order valence-electron chi connectivity index (χ3n) is 4.31. The van der Waals surface area contributed by atoms with Crippen molar-refractivity contribution in [2.75, 3.05) is 26.8 Å². The number of carbonyl (C=O) groups is 2. The van der Waals surface area contributed by atoms with Gasteiger partial charge in [-0.2, -0.15) is 8.78 Å². The first kappa shape index (κ1) is 19.1. The third-order valence-corrected chi connectivity index (χ3v) is 4.31. The summed E-state index contributed by atoms with van der Waals surface area (Å²) in [7, 11) is 1.44. The van der Waals surface area contributed by atoms with Crippen LogP contribution in [0.2, 0.25) is 0 Å². The van der Waals surface area contributed by atoms with E-state index in [1.807, 2.05) is 0 Å². The number of likely N-dealkylation sites (tertiary alicyclic amines) is 1. The van der Waals surface area contributed by atoms with E-state index < -0.39 is 18.0 Å². The molecule has 0 spiro atoms. The molecule has 1 aromatic rings. The summed E-state index contributed by atoms with van der Waals surface area (Å²) in [4.78, 5) is 25.6. The predicted octanol–water partition coefficient (Wildman–Crippen LogP) is 2.17. The minimum absolute atomic E-state index is 0.0224. The molecule has 138 valence electrons. The molecule has 0 radical (unpaired) electrons. The number of nitrogens with zero attached hydrogens (tertiary/aromatic N) is 1. The van der Waals surface area contributed by atoms with Gasteiger partial charge in [-0.1, -0.05) is 12.1 Å². The molecule has 6 nitrogen and oxygen atoms in total. The number of piperidine rings is 1. The van der Waals surface area contributed by atoms with Gasteiger partial charge in [0.05, 0.1) is 13.0 Å². The molecule has 1 atom stereocenters. The second-order valence-corrected chi connectivity index (χ2v) is 6.14. The van der Waals surface area contributed by atoms with E-state index in [1.54, 1.807) is 12.1 Å². The summed E-state index contributed by atoms with van der Waals surface area (Å²) >= 11 is 0. The number of methoxy groups -OCH3 is 1. The van der Waals surface area contributed by atoms with Crippen LogP contribution < -0.4 is 4.74 Å². The highest BCUT2D eigenvalue weighted by Crippen LogP contribution is 2.31. The summed E-state index contributed by atoms with van der Waals surface area (Å²) in [6.45, 7) is -2.26. The fourth-order valence-electron chi connectivity index (χ4n) is 3.05. The Morgan fingerprint density at radius 2 is 2.00 bits per heavy atom. The number of benzene rings is 1. The van der Waals surface area contributed by atoms with Crippen LogP contribution in [0.15, 0.2) is 24.3 Å². The quantitative estimate of drug-likeness (QED) is 0.809. The maximum Gasteiger partial charge on any atom is 0.387 e. The first-order chi connectivity index (χ1) is 11.9. The second-order valence-electron chi connectivity index (χ2n) is 6.14. The number of alkyl halides is 2. The molecule has 1 N–H and O–H groups in total. The number of hydrogen-bond donors (Lipinski definition) is 1. The second kappa shape index (κ2) is 8.24. The maximum atomic E-state index is 12.5. The van der Waals surface area contributed by atoms with Crippen molar-refractivity contribution < 1.29 is 33.0 Å². The molecule has 1 aromatic carbocycles. The molecule has 0 saturated carbocycles. The van der Waals surface area contributed by atoms with Crippen molar-refractivity contribution in [1.29, 1.82) is 0 Å². The predicted molar refractivity (Wildman–Crippen MR) is 84.5 cm³/mol. The van der Waals surface area contributed by atoms with Crippen molar-refractivity contribution in [2.45, 2.75) is 25.9 Å². The highest BCUT2D eigenvalue weighted by atomic mass is 19.3. The molecule has 1 aliphatic heterocycles. The van der Waals surface area contributed by atoms with Crippen LogP contribution in [0.4, 0.5) is 8.78 Å². The Balaban J connectivity index is 2.01. The lowest BCUT2D eigenvalue weighted by atomic mass is 9.80. The van der Waals surface area contributed by atoms with Crippen molar-refractivity contribution in [1.82, 2.24) is 4.90 Å². The van der Waals surface area contributed by atoms with Crippen LogP contribution in [-0.4, -0.2) is 55.3 Å². The van der Waals surface area contributed by atoms with Crippen LogP contribution in [0.3, 0.4) is 0 Å². The lowest BCUT2D eigenvalue weighted by Gasteiger charge is -2.39. The Bertz CT molecular complexity index is 604. The molecule has 1 saturated heterocycles. The number of amides is 1. The van der Waals surface area contributed by atoms with E-state index in [4.69, 9.17) is 4.74 Å². The van der Waals surface area contributed by atoms with Crippen LogP contribution in [0.1, 0.15) is 18.4 Å². The number of carboxylic acids is 1. The van der Waals surface area contributed by atoms with E-state index in [0.29, 0.717) is 24.9 Å². The fourth-order valence-corrected chi connectivity index (χ4v) is 3.05. The maximum absolute atomic E-state index is 12.5. The normalized spacial score (nSPS) is 20.6. The van der Waals surface area contributed by atoms with E-state index in [2.05, 4.69) is 4.74 Å². The zero-order chi connectivity index (χ0) is 18.4. The van der Waals surface area contributed by atoms with Crippen molar-refractivity contribution >= 4 is 11.9 Å². The third kappa shape index (κ3) is 4.88. The first-order valence-electron chi connectivity index (χ1n) is 7.90. The minimum atomic E-state index is -2.90. The molecule has 1 unspecified atom stereocenters. The molecule has 1 amide bonds. The van der Waals surface area contributed by atoms with Gasteiger partial charge in [0.1, 0.15) is 11.2 Å². The summed E-state index contributed by atoms with van der Waals surface area (Å²) in [5, 5.41) is 9.52. The summed E-state index contributed by atoms with van der Waals surface area (Å²) in [6, 6.07) is 5.83. The average molecular weight is 357 g/mol. The SMILES string of the molecule is COCC1(C(=O)O)CCCN(C(=O)Cc2ccc(OC(F)F)cc2)C1. The molecule has 1 fully saturated rings. The van der Waals surface area contributed by atoms with E-state index in [9.17, 15) is 23.5 Å². The van der Waals surface area contributed by atoms with Crippen molar-refractivity contribution in [3.63, 3.8) is 0 Å². The molecule has 0 aliphatic carbocycles. The summed E-state index contributed by atoms with van der Waals surface area (Å²) in [5.74, 6) is -1.15.